The van der Waals surface area contributed by atoms with Gasteiger partial charge >= 0.3 is 0 Å². The number of hydrogen-bond donors (Lipinski definition) is 1. The minimum Gasteiger partial charge on any atom is -0.411 e. The van der Waals surface area contributed by atoms with Crippen LogP contribution in [0.15, 0.2) is 72.0 Å². The molecule has 0 fully saturated rings. The molecule has 0 amide bonds. The van der Waals surface area contributed by atoms with Gasteiger partial charge in [-0.25, -0.2) is 4.68 Å². The van der Waals surface area contributed by atoms with E-state index in [1.54, 1.807) is 4.68 Å². The molecule has 0 aliphatic heterocycles. The number of benzene rings is 2. The Kier molecular flexibility index (Phi) is 3.29. The van der Waals surface area contributed by atoms with Crippen molar-refractivity contribution in [2.45, 2.75) is 0 Å². The molecule has 0 radical (unpaired) electrons. The van der Waals surface area contributed by atoms with Gasteiger partial charge in [-0.3, -0.25) is 0 Å². The maximum Gasteiger partial charge on any atom is 0.102 e. The summed E-state index contributed by atoms with van der Waals surface area (Å²) < 4.78 is 1.78. The summed E-state index contributed by atoms with van der Waals surface area (Å²) in [5.74, 6) is 0. The van der Waals surface area contributed by atoms with Gasteiger partial charge in [0.05, 0.1) is 11.9 Å². The second kappa shape index (κ2) is 5.40. The van der Waals surface area contributed by atoms with Gasteiger partial charge in [-0.1, -0.05) is 53.7 Å². The SMILES string of the molecule is O/N=C\c1cn(-c2ccccc2)nc1-c1ccccc1. The largest absolute Gasteiger partial charge is 0.411 e. The van der Waals surface area contributed by atoms with Gasteiger partial charge in [-0.2, -0.15) is 5.10 Å². The number of rotatable bonds is 3. The van der Waals surface area contributed by atoms with Crippen molar-refractivity contribution in [3.63, 3.8) is 0 Å². The van der Waals surface area contributed by atoms with Crippen LogP contribution in [-0.4, -0.2) is 21.2 Å². The van der Waals surface area contributed by atoms with Crippen molar-refractivity contribution in [1.82, 2.24) is 9.78 Å². The molecule has 1 heterocycles. The van der Waals surface area contributed by atoms with Crippen molar-refractivity contribution >= 4 is 6.21 Å². The Morgan fingerprint density at radius 2 is 1.60 bits per heavy atom. The first-order valence-corrected chi connectivity index (χ1v) is 6.26. The first kappa shape index (κ1) is 12.2. The van der Waals surface area contributed by atoms with Crippen LogP contribution in [0.2, 0.25) is 0 Å². The molecule has 20 heavy (non-hydrogen) atoms. The number of aromatic nitrogens is 2. The van der Waals surface area contributed by atoms with Crippen molar-refractivity contribution in [3.05, 3.63) is 72.4 Å². The zero-order chi connectivity index (χ0) is 13.8. The van der Waals surface area contributed by atoms with Gasteiger partial charge < -0.3 is 5.21 Å². The minimum absolute atomic E-state index is 0.766. The van der Waals surface area contributed by atoms with Crippen LogP contribution in [0.1, 0.15) is 5.56 Å². The summed E-state index contributed by atoms with van der Waals surface area (Å²) in [6, 6.07) is 19.6. The van der Waals surface area contributed by atoms with E-state index >= 15 is 0 Å². The fourth-order valence-corrected chi connectivity index (χ4v) is 2.08. The Labute approximate surface area is 116 Å². The quantitative estimate of drug-likeness (QED) is 0.447. The van der Waals surface area contributed by atoms with Gasteiger partial charge in [0.2, 0.25) is 0 Å². The van der Waals surface area contributed by atoms with Crippen molar-refractivity contribution in [3.8, 4) is 16.9 Å². The first-order chi connectivity index (χ1) is 9.88. The second-order valence-corrected chi connectivity index (χ2v) is 4.32. The van der Waals surface area contributed by atoms with Crippen LogP contribution in [0.5, 0.6) is 0 Å². The molecule has 2 aromatic carbocycles. The van der Waals surface area contributed by atoms with E-state index in [-0.39, 0.29) is 0 Å². The lowest BCUT2D eigenvalue weighted by Gasteiger charge is -2.00. The normalized spacial score (nSPS) is 11.0. The van der Waals surface area contributed by atoms with Crippen LogP contribution in [0, 0.1) is 0 Å². The zero-order valence-corrected chi connectivity index (χ0v) is 10.7. The smallest absolute Gasteiger partial charge is 0.102 e. The highest BCUT2D eigenvalue weighted by Crippen LogP contribution is 2.22. The third kappa shape index (κ3) is 2.31. The van der Waals surface area contributed by atoms with Crippen molar-refractivity contribution in [2.75, 3.05) is 0 Å². The van der Waals surface area contributed by atoms with E-state index in [0.717, 1.165) is 22.5 Å². The fraction of sp³-hybridized carbons (Fsp3) is 0. The topological polar surface area (TPSA) is 50.4 Å². The van der Waals surface area contributed by atoms with Crippen LogP contribution < -0.4 is 0 Å². The first-order valence-electron chi connectivity index (χ1n) is 6.26. The maximum atomic E-state index is 8.80. The average Bonchev–Trinajstić information content (AvgIpc) is 2.94. The second-order valence-electron chi connectivity index (χ2n) is 4.32. The van der Waals surface area contributed by atoms with E-state index in [1.807, 2.05) is 66.9 Å². The molecule has 3 aromatic rings. The van der Waals surface area contributed by atoms with Gasteiger partial charge in [-0.05, 0) is 12.1 Å². The molecule has 4 heteroatoms. The zero-order valence-electron chi connectivity index (χ0n) is 10.7. The summed E-state index contributed by atoms with van der Waals surface area (Å²) in [4.78, 5) is 0. The molecule has 0 saturated heterocycles. The Bertz CT molecular complexity index is 718. The lowest BCUT2D eigenvalue weighted by molar-refractivity contribution is 0.322. The van der Waals surface area contributed by atoms with Gasteiger partial charge in [-0.15, -0.1) is 0 Å². The third-order valence-electron chi connectivity index (χ3n) is 3.01. The van der Waals surface area contributed by atoms with E-state index in [4.69, 9.17) is 5.21 Å². The van der Waals surface area contributed by atoms with E-state index in [1.165, 1.54) is 6.21 Å². The Hall–Kier alpha value is -2.88. The van der Waals surface area contributed by atoms with Crippen LogP contribution >= 0.6 is 0 Å². The van der Waals surface area contributed by atoms with Crippen LogP contribution in [0.3, 0.4) is 0 Å². The van der Waals surface area contributed by atoms with E-state index in [9.17, 15) is 0 Å². The Balaban J connectivity index is 2.13. The lowest BCUT2D eigenvalue weighted by Crippen LogP contribution is -1.93. The molecule has 0 aliphatic carbocycles. The van der Waals surface area contributed by atoms with Crippen LogP contribution in [-0.2, 0) is 0 Å². The molecular formula is C16H13N3O. The van der Waals surface area contributed by atoms with Crippen molar-refractivity contribution in [1.29, 1.82) is 0 Å². The number of nitrogens with zero attached hydrogens (tertiary/aromatic N) is 3. The predicted octanol–water partition coefficient (Wildman–Crippen LogP) is 3.35. The molecule has 0 atom stereocenters. The lowest BCUT2D eigenvalue weighted by atomic mass is 10.1. The molecule has 0 aliphatic rings. The average molecular weight is 263 g/mol. The summed E-state index contributed by atoms with van der Waals surface area (Å²) in [6.07, 6.45) is 3.24. The van der Waals surface area contributed by atoms with E-state index < -0.39 is 0 Å². The van der Waals surface area contributed by atoms with Gasteiger partial charge in [0.25, 0.3) is 0 Å². The molecule has 1 aromatic heterocycles. The predicted molar refractivity (Wildman–Crippen MR) is 78.4 cm³/mol. The van der Waals surface area contributed by atoms with Gasteiger partial charge in [0.15, 0.2) is 0 Å². The Morgan fingerprint density at radius 3 is 2.25 bits per heavy atom. The number of para-hydroxylation sites is 1. The summed E-state index contributed by atoms with van der Waals surface area (Å²) in [7, 11) is 0. The van der Waals surface area contributed by atoms with Crippen LogP contribution in [0.4, 0.5) is 0 Å². The van der Waals surface area contributed by atoms with Crippen molar-refractivity contribution < 1.29 is 5.21 Å². The molecule has 1 N–H and O–H groups in total. The highest BCUT2D eigenvalue weighted by Gasteiger charge is 2.10. The van der Waals surface area contributed by atoms with E-state index in [2.05, 4.69) is 10.3 Å². The van der Waals surface area contributed by atoms with Crippen LogP contribution in [0.25, 0.3) is 16.9 Å². The summed E-state index contributed by atoms with van der Waals surface area (Å²) in [5.41, 5.74) is 3.49. The Morgan fingerprint density at radius 1 is 0.950 bits per heavy atom. The highest BCUT2D eigenvalue weighted by molar-refractivity contribution is 5.88. The summed E-state index contributed by atoms with van der Waals surface area (Å²) >= 11 is 0. The molecule has 0 unspecified atom stereocenters. The van der Waals surface area contributed by atoms with Gasteiger partial charge in [0.1, 0.15) is 5.69 Å². The molecule has 98 valence electrons. The van der Waals surface area contributed by atoms with E-state index in [0.29, 0.717) is 0 Å². The standard InChI is InChI=1S/C16H13N3O/c20-17-11-14-12-19(15-9-5-2-6-10-15)18-16(14)13-7-3-1-4-8-13/h1-12,20H/b17-11-. The number of hydrogen-bond acceptors (Lipinski definition) is 3. The van der Waals surface area contributed by atoms with Crippen molar-refractivity contribution in [2.24, 2.45) is 5.16 Å². The summed E-state index contributed by atoms with van der Waals surface area (Å²) in [5, 5.41) is 16.5. The third-order valence-corrected chi connectivity index (χ3v) is 3.01. The number of oxime groups is 1. The van der Waals surface area contributed by atoms with Gasteiger partial charge in [0, 0.05) is 17.3 Å². The summed E-state index contributed by atoms with van der Waals surface area (Å²) in [6.45, 7) is 0. The molecule has 0 bridgehead atoms. The fourth-order valence-electron chi connectivity index (χ4n) is 2.08. The maximum absolute atomic E-state index is 8.80. The molecule has 4 nitrogen and oxygen atoms in total. The highest BCUT2D eigenvalue weighted by atomic mass is 16.4. The molecule has 3 rings (SSSR count). The monoisotopic (exact) mass is 263 g/mol. The molecular weight excluding hydrogens is 250 g/mol. The molecule has 0 saturated carbocycles. The molecule has 0 spiro atoms. The minimum atomic E-state index is 0.766.